The highest BCUT2D eigenvalue weighted by atomic mass is 16.5. The Labute approximate surface area is 217 Å². The highest BCUT2D eigenvalue weighted by molar-refractivity contribution is 6.00. The standard InChI is InChI=1S/C29H34N4O4/c1-29(2,3)25(31-26(34)22-16-19-8-5-6-9-21(19)30-22)28(36)33-17-24-23(33)10-7-15-32(24)27(35)18-11-13-20(37-4)14-12-18/h5-6,8-9,11-14,16,23-25,30H,7,10,15,17H2,1-4H3,(H,31,34)/t23?,24-,25-/m1/s1. The molecule has 0 spiro atoms. The molecule has 0 aliphatic carbocycles. The minimum Gasteiger partial charge on any atom is -0.497 e. The van der Waals surface area contributed by atoms with Crippen LogP contribution in [-0.2, 0) is 4.79 Å². The molecule has 0 radical (unpaired) electrons. The van der Waals surface area contributed by atoms with E-state index in [-0.39, 0.29) is 29.8 Å². The number of aromatic nitrogens is 1. The van der Waals surface area contributed by atoms with Gasteiger partial charge in [-0.3, -0.25) is 14.4 Å². The predicted molar refractivity (Wildman–Crippen MR) is 142 cm³/mol. The second-order valence-corrected chi connectivity index (χ2v) is 11.0. The molecule has 0 bridgehead atoms. The molecule has 37 heavy (non-hydrogen) atoms. The van der Waals surface area contributed by atoms with Crippen LogP contribution in [0.15, 0.2) is 54.6 Å². The summed E-state index contributed by atoms with van der Waals surface area (Å²) in [5.41, 5.74) is 1.43. The van der Waals surface area contributed by atoms with E-state index in [9.17, 15) is 14.4 Å². The summed E-state index contributed by atoms with van der Waals surface area (Å²) in [6, 6.07) is 15.9. The largest absolute Gasteiger partial charge is 0.497 e. The SMILES string of the molecule is COc1ccc(C(=O)N2CCCC3[C@H]2CN3C(=O)[C@@H](NC(=O)c2cc3ccccc3[nH]2)C(C)(C)C)cc1. The van der Waals surface area contributed by atoms with E-state index in [2.05, 4.69) is 10.3 Å². The third-order valence-corrected chi connectivity index (χ3v) is 7.57. The number of ether oxygens (including phenoxy) is 1. The van der Waals surface area contributed by atoms with E-state index in [4.69, 9.17) is 4.74 Å². The van der Waals surface area contributed by atoms with Gasteiger partial charge in [-0.15, -0.1) is 0 Å². The van der Waals surface area contributed by atoms with Crippen molar-refractivity contribution in [1.82, 2.24) is 20.1 Å². The molecule has 2 aliphatic rings. The molecular weight excluding hydrogens is 468 g/mol. The van der Waals surface area contributed by atoms with Crippen LogP contribution in [0.1, 0.15) is 54.5 Å². The van der Waals surface area contributed by atoms with Crippen LogP contribution in [0, 0.1) is 5.41 Å². The summed E-state index contributed by atoms with van der Waals surface area (Å²) in [5, 5.41) is 3.94. The van der Waals surface area contributed by atoms with Crippen molar-refractivity contribution in [3.63, 3.8) is 0 Å². The molecule has 1 aromatic heterocycles. The molecule has 8 heteroatoms. The highest BCUT2D eigenvalue weighted by Crippen LogP contribution is 2.35. The van der Waals surface area contributed by atoms with Gasteiger partial charge in [0.2, 0.25) is 5.91 Å². The monoisotopic (exact) mass is 502 g/mol. The zero-order valence-corrected chi connectivity index (χ0v) is 21.8. The first-order chi connectivity index (χ1) is 17.7. The molecule has 3 atom stereocenters. The molecule has 2 aliphatic heterocycles. The fourth-order valence-electron chi connectivity index (χ4n) is 5.44. The Morgan fingerprint density at radius 3 is 2.43 bits per heavy atom. The number of carbonyl (C=O) groups excluding carboxylic acids is 3. The molecule has 2 saturated heterocycles. The number of nitrogens with one attached hydrogen (secondary N) is 2. The third kappa shape index (κ3) is 4.68. The van der Waals surface area contributed by atoms with Crippen molar-refractivity contribution in [3.05, 3.63) is 65.9 Å². The number of rotatable bonds is 5. The lowest BCUT2D eigenvalue weighted by Gasteiger charge is -2.56. The number of hydrogen-bond acceptors (Lipinski definition) is 4. The second-order valence-electron chi connectivity index (χ2n) is 11.0. The number of amides is 3. The molecule has 3 heterocycles. The van der Waals surface area contributed by atoms with Gasteiger partial charge < -0.3 is 24.8 Å². The van der Waals surface area contributed by atoms with Gasteiger partial charge in [-0.05, 0) is 54.7 Å². The van der Waals surface area contributed by atoms with Crippen LogP contribution in [-0.4, -0.2) is 70.8 Å². The number of methoxy groups -OCH3 is 1. The quantitative estimate of drug-likeness (QED) is 0.554. The summed E-state index contributed by atoms with van der Waals surface area (Å²) in [4.78, 5) is 47.1. The normalized spacial score (nSPS) is 20.1. The Bertz CT molecular complexity index is 1290. The summed E-state index contributed by atoms with van der Waals surface area (Å²) in [7, 11) is 1.60. The third-order valence-electron chi connectivity index (χ3n) is 7.57. The Kier molecular flexibility index (Phi) is 6.43. The van der Waals surface area contributed by atoms with E-state index in [1.54, 1.807) is 37.4 Å². The van der Waals surface area contributed by atoms with Crippen LogP contribution >= 0.6 is 0 Å². The average Bonchev–Trinajstić information content (AvgIpc) is 3.31. The molecular formula is C29H34N4O4. The van der Waals surface area contributed by atoms with E-state index in [0.717, 1.165) is 23.7 Å². The predicted octanol–water partition coefficient (Wildman–Crippen LogP) is 3.84. The van der Waals surface area contributed by atoms with E-state index >= 15 is 0 Å². The van der Waals surface area contributed by atoms with Gasteiger partial charge in [-0.2, -0.15) is 0 Å². The zero-order valence-electron chi connectivity index (χ0n) is 21.8. The van der Waals surface area contributed by atoms with Crippen LogP contribution in [0.2, 0.25) is 0 Å². The van der Waals surface area contributed by atoms with Gasteiger partial charge >= 0.3 is 0 Å². The topological polar surface area (TPSA) is 94.7 Å². The van der Waals surface area contributed by atoms with E-state index in [1.165, 1.54) is 0 Å². The Morgan fingerprint density at radius 1 is 1.03 bits per heavy atom. The smallest absolute Gasteiger partial charge is 0.268 e. The second kappa shape index (κ2) is 9.57. The van der Waals surface area contributed by atoms with Crippen LogP contribution in [0.5, 0.6) is 5.75 Å². The van der Waals surface area contributed by atoms with Crippen molar-refractivity contribution in [2.75, 3.05) is 20.2 Å². The number of hydrogen-bond donors (Lipinski definition) is 2. The Balaban J connectivity index is 1.29. The summed E-state index contributed by atoms with van der Waals surface area (Å²) in [6.07, 6.45) is 1.67. The van der Waals surface area contributed by atoms with Crippen molar-refractivity contribution >= 4 is 28.6 Å². The highest BCUT2D eigenvalue weighted by Gasteiger charge is 2.51. The van der Waals surface area contributed by atoms with Gasteiger partial charge in [0.15, 0.2) is 0 Å². The number of aromatic amines is 1. The van der Waals surface area contributed by atoms with Gasteiger partial charge in [0.25, 0.3) is 11.8 Å². The maximum Gasteiger partial charge on any atom is 0.268 e. The number of fused-ring (bicyclic) bond motifs is 2. The number of carbonyl (C=O) groups is 3. The van der Waals surface area contributed by atoms with Gasteiger partial charge in [0.1, 0.15) is 17.5 Å². The minimum absolute atomic E-state index is 0.0164. The first kappa shape index (κ1) is 24.9. The average molecular weight is 503 g/mol. The molecule has 0 saturated carbocycles. The van der Waals surface area contributed by atoms with Crippen molar-refractivity contribution in [1.29, 1.82) is 0 Å². The van der Waals surface area contributed by atoms with Crippen molar-refractivity contribution in [3.8, 4) is 5.75 Å². The first-order valence-electron chi connectivity index (χ1n) is 12.8. The lowest BCUT2D eigenvalue weighted by molar-refractivity contribution is -0.152. The molecule has 5 rings (SSSR count). The van der Waals surface area contributed by atoms with Gasteiger partial charge in [-0.25, -0.2) is 0 Å². The van der Waals surface area contributed by atoms with E-state index < -0.39 is 11.5 Å². The maximum absolute atomic E-state index is 13.8. The molecule has 2 aromatic carbocycles. The van der Waals surface area contributed by atoms with Crippen molar-refractivity contribution in [2.24, 2.45) is 5.41 Å². The van der Waals surface area contributed by atoms with Crippen LogP contribution in [0.3, 0.4) is 0 Å². The first-order valence-corrected chi connectivity index (χ1v) is 12.8. The van der Waals surface area contributed by atoms with E-state index in [1.807, 2.05) is 54.8 Å². The molecule has 194 valence electrons. The Hall–Kier alpha value is -3.81. The summed E-state index contributed by atoms with van der Waals surface area (Å²) >= 11 is 0. The minimum atomic E-state index is -0.694. The van der Waals surface area contributed by atoms with Crippen molar-refractivity contribution in [2.45, 2.75) is 51.7 Å². The van der Waals surface area contributed by atoms with Crippen molar-refractivity contribution < 1.29 is 19.1 Å². The van der Waals surface area contributed by atoms with Crippen LogP contribution in [0.4, 0.5) is 0 Å². The zero-order chi connectivity index (χ0) is 26.3. The number of H-pyrrole nitrogens is 1. The molecule has 3 amide bonds. The number of para-hydroxylation sites is 1. The lowest BCUT2D eigenvalue weighted by Crippen LogP contribution is -2.73. The fourth-order valence-corrected chi connectivity index (χ4v) is 5.44. The van der Waals surface area contributed by atoms with E-state index in [0.29, 0.717) is 30.1 Å². The van der Waals surface area contributed by atoms with Crippen LogP contribution in [0.25, 0.3) is 10.9 Å². The lowest BCUT2D eigenvalue weighted by atomic mass is 9.81. The van der Waals surface area contributed by atoms with Gasteiger partial charge in [-0.1, -0.05) is 39.0 Å². The number of likely N-dealkylation sites (tertiary alicyclic amines) is 2. The number of benzene rings is 2. The number of nitrogens with zero attached hydrogens (tertiary/aromatic N) is 2. The fraction of sp³-hybridized carbons (Fsp3) is 0.414. The van der Waals surface area contributed by atoms with Crippen LogP contribution < -0.4 is 10.1 Å². The Morgan fingerprint density at radius 2 is 1.76 bits per heavy atom. The molecule has 2 fully saturated rings. The molecule has 1 unspecified atom stereocenters. The van der Waals surface area contributed by atoms with Gasteiger partial charge in [0.05, 0.1) is 19.2 Å². The summed E-state index contributed by atoms with van der Waals surface area (Å²) < 4.78 is 5.20. The molecule has 8 nitrogen and oxygen atoms in total. The summed E-state index contributed by atoms with van der Waals surface area (Å²) in [6.45, 7) is 7.02. The number of piperidine rings is 1. The molecule has 3 aromatic rings. The summed E-state index contributed by atoms with van der Waals surface area (Å²) in [5.74, 6) is 0.276. The van der Waals surface area contributed by atoms with Gasteiger partial charge in [0, 0.05) is 29.6 Å². The maximum atomic E-state index is 13.8. The molecule has 2 N–H and O–H groups in total.